The number of halogens is 2. The molecule has 1 aliphatic heterocycles. The van der Waals surface area contributed by atoms with Crippen LogP contribution in [0.4, 0.5) is 20.5 Å². The molecule has 1 saturated carbocycles. The molecule has 0 unspecified atom stereocenters. The normalized spacial score (nSPS) is 17.2. The molecule has 0 spiro atoms. The Hall–Kier alpha value is -2.81. The molecule has 0 amide bonds. The van der Waals surface area contributed by atoms with Gasteiger partial charge >= 0.3 is 0 Å². The lowest BCUT2D eigenvalue weighted by molar-refractivity contribution is 0.122. The summed E-state index contributed by atoms with van der Waals surface area (Å²) >= 11 is 0. The predicted molar refractivity (Wildman–Crippen MR) is 126 cm³/mol. The summed E-state index contributed by atoms with van der Waals surface area (Å²) in [5, 5.41) is 2.90. The van der Waals surface area contributed by atoms with Crippen LogP contribution in [-0.4, -0.2) is 52.9 Å². The summed E-state index contributed by atoms with van der Waals surface area (Å²) in [6, 6.07) is 8.74. The summed E-state index contributed by atoms with van der Waals surface area (Å²) in [7, 11) is 1.70. The number of fused-ring (bicyclic) bond motifs is 1. The van der Waals surface area contributed by atoms with Gasteiger partial charge in [-0.25, -0.2) is 13.8 Å². The number of aromatic nitrogens is 4. The first-order chi connectivity index (χ1) is 16.1. The third-order valence-electron chi connectivity index (χ3n) is 6.16. The summed E-state index contributed by atoms with van der Waals surface area (Å²) in [5.74, 6) is 2.09. The fourth-order valence-corrected chi connectivity index (χ4v) is 4.34. The maximum absolute atomic E-state index is 13.6. The van der Waals surface area contributed by atoms with Crippen LogP contribution in [0.1, 0.15) is 51.3 Å². The van der Waals surface area contributed by atoms with E-state index in [1.54, 1.807) is 37.4 Å². The van der Waals surface area contributed by atoms with Gasteiger partial charge in [0.1, 0.15) is 11.6 Å². The molecule has 1 aliphatic carbocycles. The van der Waals surface area contributed by atoms with Gasteiger partial charge in [0.05, 0.1) is 24.2 Å². The summed E-state index contributed by atoms with van der Waals surface area (Å²) in [6.07, 6.45) is 4.72. The summed E-state index contributed by atoms with van der Waals surface area (Å²) in [5.41, 5.74) is 1.08. The lowest BCUT2D eigenvalue weighted by Gasteiger charge is -2.28. The minimum atomic E-state index is -2.72. The van der Waals surface area contributed by atoms with Crippen LogP contribution in [0.2, 0.25) is 0 Å². The van der Waals surface area contributed by atoms with Gasteiger partial charge in [-0.05, 0) is 18.1 Å². The predicted octanol–water partition coefficient (Wildman–Crippen LogP) is 5.22. The monoisotopic (exact) mass is 458 g/mol. The molecule has 2 aromatic heterocycles. The van der Waals surface area contributed by atoms with E-state index in [2.05, 4.69) is 32.1 Å². The molecule has 3 heterocycles. The lowest BCUT2D eigenvalue weighted by atomic mass is 9.91. The van der Waals surface area contributed by atoms with Crippen molar-refractivity contribution in [3.8, 4) is 5.82 Å². The first kappa shape index (κ1) is 23.4. The van der Waals surface area contributed by atoms with Crippen molar-refractivity contribution in [2.24, 2.45) is 5.92 Å². The molecular weight excluding hydrogens is 426 g/mol. The molecule has 178 valence electrons. The Morgan fingerprint density at radius 2 is 1.70 bits per heavy atom. The topological polar surface area (TPSA) is 68.1 Å². The van der Waals surface area contributed by atoms with Crippen molar-refractivity contribution in [1.29, 1.82) is 0 Å². The number of nitrogens with zero attached hydrogens (tertiary/aromatic N) is 5. The number of para-hydroxylation sites is 2. The number of benzene rings is 1. The number of hydrogen-bond donors (Lipinski definition) is 1. The van der Waals surface area contributed by atoms with Gasteiger partial charge in [-0.2, -0.15) is 9.97 Å². The Morgan fingerprint density at radius 3 is 2.33 bits per heavy atom. The van der Waals surface area contributed by atoms with Gasteiger partial charge in [-0.15, -0.1) is 0 Å². The largest absolute Gasteiger partial charge is 0.378 e. The van der Waals surface area contributed by atoms with Crippen molar-refractivity contribution in [2.75, 3.05) is 43.6 Å². The van der Waals surface area contributed by atoms with Crippen LogP contribution in [0.25, 0.3) is 16.9 Å². The number of ether oxygens (including phenoxy) is 1. The van der Waals surface area contributed by atoms with Gasteiger partial charge in [-0.3, -0.25) is 4.57 Å². The minimum absolute atomic E-state index is 0.333. The van der Waals surface area contributed by atoms with Gasteiger partial charge < -0.3 is 15.0 Å². The highest BCUT2D eigenvalue weighted by Crippen LogP contribution is 2.29. The van der Waals surface area contributed by atoms with Crippen LogP contribution in [-0.2, 0) is 4.74 Å². The zero-order chi connectivity index (χ0) is 23.2. The quantitative estimate of drug-likeness (QED) is 0.578. The highest BCUT2D eigenvalue weighted by atomic mass is 19.3. The van der Waals surface area contributed by atoms with Crippen LogP contribution >= 0.6 is 0 Å². The van der Waals surface area contributed by atoms with Crippen LogP contribution in [0.15, 0.2) is 30.3 Å². The molecule has 9 heteroatoms. The van der Waals surface area contributed by atoms with Crippen molar-refractivity contribution in [2.45, 2.75) is 45.5 Å². The average molecular weight is 459 g/mol. The molecule has 5 rings (SSSR count). The molecule has 1 aromatic carbocycles. The smallest absolute Gasteiger partial charge is 0.296 e. The van der Waals surface area contributed by atoms with Crippen LogP contribution in [0.3, 0.4) is 0 Å². The maximum Gasteiger partial charge on any atom is 0.296 e. The Balaban J connectivity index is 0.000000318. The molecule has 7 nitrogen and oxygen atoms in total. The van der Waals surface area contributed by atoms with E-state index in [1.807, 2.05) is 0 Å². The van der Waals surface area contributed by atoms with E-state index in [-0.39, 0.29) is 5.82 Å². The molecule has 2 aliphatic rings. The number of morpholine rings is 1. The number of imidazole rings is 1. The second-order valence-electron chi connectivity index (χ2n) is 8.60. The Morgan fingerprint density at radius 1 is 1.00 bits per heavy atom. The third-order valence-corrected chi connectivity index (χ3v) is 6.16. The van der Waals surface area contributed by atoms with E-state index in [9.17, 15) is 8.78 Å². The average Bonchev–Trinajstić information content (AvgIpc) is 3.25. The molecule has 0 radical (unpaired) electrons. The summed E-state index contributed by atoms with van der Waals surface area (Å²) < 4.78 is 34.0. The van der Waals surface area contributed by atoms with Gasteiger partial charge in [0, 0.05) is 26.2 Å². The van der Waals surface area contributed by atoms with Crippen LogP contribution in [0.5, 0.6) is 0 Å². The molecule has 2 fully saturated rings. The molecule has 3 aromatic rings. The minimum Gasteiger partial charge on any atom is -0.378 e. The molecule has 1 N–H and O–H groups in total. The summed E-state index contributed by atoms with van der Waals surface area (Å²) in [4.78, 5) is 15.0. The van der Waals surface area contributed by atoms with Gasteiger partial charge in [-0.1, -0.05) is 51.2 Å². The van der Waals surface area contributed by atoms with E-state index in [1.165, 1.54) is 36.7 Å². The van der Waals surface area contributed by atoms with Crippen molar-refractivity contribution in [1.82, 2.24) is 19.5 Å². The van der Waals surface area contributed by atoms with E-state index in [0.717, 1.165) is 5.92 Å². The Bertz CT molecular complexity index is 1040. The second kappa shape index (κ2) is 10.9. The van der Waals surface area contributed by atoms with Crippen molar-refractivity contribution in [3.05, 3.63) is 36.2 Å². The number of alkyl halides is 2. The fourth-order valence-electron chi connectivity index (χ4n) is 4.34. The first-order valence-corrected chi connectivity index (χ1v) is 11.7. The standard InChI is InChI=1S/C17H18F2N6O.C7H14/c1-20-17-22-13(24-6-8-26-9-7-24)10-14(23-17)25-12-5-3-2-4-11(12)21-16(25)15(18)19;1-7-5-3-2-4-6-7/h2-5,10,15H,6-9H2,1H3,(H,20,22,23);7H,2-6H2,1H3. The molecule has 1 saturated heterocycles. The van der Waals surface area contributed by atoms with Crippen molar-refractivity contribution < 1.29 is 13.5 Å². The number of rotatable bonds is 4. The van der Waals surface area contributed by atoms with Crippen LogP contribution in [0, 0.1) is 5.92 Å². The van der Waals surface area contributed by atoms with Gasteiger partial charge in [0.25, 0.3) is 6.43 Å². The molecule has 0 atom stereocenters. The highest BCUT2D eigenvalue weighted by molar-refractivity contribution is 5.78. The Kier molecular flexibility index (Phi) is 7.69. The molecular formula is C24H32F2N6O. The lowest BCUT2D eigenvalue weighted by Crippen LogP contribution is -2.37. The van der Waals surface area contributed by atoms with E-state index < -0.39 is 6.43 Å². The Labute approximate surface area is 193 Å². The fraction of sp³-hybridized carbons (Fsp3) is 0.542. The zero-order valence-electron chi connectivity index (χ0n) is 19.3. The molecule has 33 heavy (non-hydrogen) atoms. The molecule has 0 bridgehead atoms. The van der Waals surface area contributed by atoms with E-state index in [0.29, 0.717) is 54.9 Å². The second-order valence-corrected chi connectivity index (χ2v) is 8.60. The third kappa shape index (κ3) is 5.58. The summed E-state index contributed by atoms with van der Waals surface area (Å²) in [6.45, 7) is 4.94. The van der Waals surface area contributed by atoms with E-state index >= 15 is 0 Å². The first-order valence-electron chi connectivity index (χ1n) is 11.7. The number of hydrogen-bond acceptors (Lipinski definition) is 6. The van der Waals surface area contributed by atoms with Crippen molar-refractivity contribution in [3.63, 3.8) is 0 Å². The van der Waals surface area contributed by atoms with Gasteiger partial charge in [0.15, 0.2) is 5.82 Å². The SMILES string of the molecule is CC1CCCCC1.CNc1nc(N2CCOCC2)cc(-n2c(C(F)F)nc3ccccc32)n1. The van der Waals surface area contributed by atoms with Gasteiger partial charge in [0.2, 0.25) is 5.95 Å². The number of anilines is 2. The van der Waals surface area contributed by atoms with Crippen LogP contribution < -0.4 is 10.2 Å². The van der Waals surface area contributed by atoms with Crippen molar-refractivity contribution >= 4 is 22.8 Å². The highest BCUT2D eigenvalue weighted by Gasteiger charge is 2.23. The van der Waals surface area contributed by atoms with E-state index in [4.69, 9.17) is 4.74 Å². The maximum atomic E-state index is 13.6. The number of nitrogens with one attached hydrogen (secondary N) is 1. The zero-order valence-corrected chi connectivity index (χ0v) is 19.3.